The number of nitrogens with zero attached hydrogens (tertiary/aromatic N) is 4. The van der Waals surface area contributed by atoms with Crippen LogP contribution in [-0.4, -0.2) is 67.5 Å². The van der Waals surface area contributed by atoms with Crippen LogP contribution in [0.5, 0.6) is 0 Å². The van der Waals surface area contributed by atoms with Crippen LogP contribution in [0.4, 0.5) is 10.1 Å². The SMILES string of the molecule is CCCN1CC(CN=C(N)N2CCN(c3ccc(F)cc3)CC2)CC1=O. The minimum Gasteiger partial charge on any atom is -0.370 e. The standard InChI is InChI=1S/C19H28FN5O/c1-2-7-25-14-15(12-18(25)26)13-22-19(21)24-10-8-23(9-11-24)17-5-3-16(20)4-6-17/h3-6,15H,2,7-14H2,1H3,(H2,21,22). The second-order valence-corrected chi connectivity index (χ2v) is 7.06. The van der Waals surface area contributed by atoms with Crippen molar-refractivity contribution in [3.63, 3.8) is 0 Å². The normalized spacial score (nSPS) is 21.6. The molecule has 0 spiro atoms. The summed E-state index contributed by atoms with van der Waals surface area (Å²) in [5, 5.41) is 0. The molecule has 0 radical (unpaired) electrons. The smallest absolute Gasteiger partial charge is 0.222 e. The molecule has 2 heterocycles. The van der Waals surface area contributed by atoms with E-state index in [9.17, 15) is 9.18 Å². The number of hydrogen-bond acceptors (Lipinski definition) is 3. The Morgan fingerprint density at radius 3 is 2.58 bits per heavy atom. The van der Waals surface area contributed by atoms with E-state index in [1.807, 2.05) is 17.0 Å². The van der Waals surface area contributed by atoms with Gasteiger partial charge in [0.2, 0.25) is 5.91 Å². The molecule has 2 saturated heterocycles. The van der Waals surface area contributed by atoms with E-state index < -0.39 is 0 Å². The molecule has 1 aromatic rings. The summed E-state index contributed by atoms with van der Waals surface area (Å²) in [6.45, 7) is 7.55. The maximum atomic E-state index is 13.0. The van der Waals surface area contributed by atoms with Crippen LogP contribution in [0.3, 0.4) is 0 Å². The van der Waals surface area contributed by atoms with Crippen LogP contribution in [0, 0.1) is 11.7 Å². The van der Waals surface area contributed by atoms with Crippen LogP contribution in [0.25, 0.3) is 0 Å². The van der Waals surface area contributed by atoms with E-state index in [2.05, 4.69) is 21.7 Å². The van der Waals surface area contributed by atoms with Gasteiger partial charge in [0.25, 0.3) is 0 Å². The number of carbonyl (C=O) groups excluding carboxylic acids is 1. The summed E-state index contributed by atoms with van der Waals surface area (Å²) in [6.07, 6.45) is 1.57. The number of rotatable bonds is 5. The third kappa shape index (κ3) is 4.45. The van der Waals surface area contributed by atoms with Gasteiger partial charge in [0.1, 0.15) is 5.82 Å². The number of hydrogen-bond donors (Lipinski definition) is 1. The van der Waals surface area contributed by atoms with Crippen LogP contribution in [0.15, 0.2) is 29.3 Å². The van der Waals surface area contributed by atoms with Gasteiger partial charge < -0.3 is 20.4 Å². The predicted octanol–water partition coefficient (Wildman–Crippen LogP) is 1.52. The molecule has 2 fully saturated rings. The fraction of sp³-hybridized carbons (Fsp3) is 0.579. The van der Waals surface area contributed by atoms with Crippen LogP contribution in [0.1, 0.15) is 19.8 Å². The Labute approximate surface area is 154 Å². The maximum Gasteiger partial charge on any atom is 0.222 e. The molecule has 1 unspecified atom stereocenters. The van der Waals surface area contributed by atoms with Crippen molar-refractivity contribution in [1.29, 1.82) is 0 Å². The summed E-state index contributed by atoms with van der Waals surface area (Å²) < 4.78 is 13.0. The number of amides is 1. The van der Waals surface area contributed by atoms with Gasteiger partial charge in [-0.25, -0.2) is 4.39 Å². The largest absolute Gasteiger partial charge is 0.370 e. The Balaban J connectivity index is 1.47. The van der Waals surface area contributed by atoms with Gasteiger partial charge in [-0.15, -0.1) is 0 Å². The second kappa shape index (κ2) is 8.38. The number of aliphatic imine (C=N–C) groups is 1. The lowest BCUT2D eigenvalue weighted by atomic mass is 10.1. The first kappa shape index (κ1) is 18.5. The van der Waals surface area contributed by atoms with Crippen LogP contribution >= 0.6 is 0 Å². The Hall–Kier alpha value is -2.31. The maximum absolute atomic E-state index is 13.0. The summed E-state index contributed by atoms with van der Waals surface area (Å²) >= 11 is 0. The zero-order valence-electron chi connectivity index (χ0n) is 15.4. The van der Waals surface area contributed by atoms with Crippen molar-refractivity contribution in [2.75, 3.05) is 50.7 Å². The summed E-state index contributed by atoms with van der Waals surface area (Å²) in [7, 11) is 0. The summed E-state index contributed by atoms with van der Waals surface area (Å²) in [5.74, 6) is 0.850. The van der Waals surface area contributed by atoms with E-state index in [0.29, 0.717) is 18.9 Å². The van der Waals surface area contributed by atoms with Gasteiger partial charge in [-0.05, 0) is 30.7 Å². The van der Waals surface area contributed by atoms with Crippen LogP contribution < -0.4 is 10.6 Å². The Kier molecular flexibility index (Phi) is 5.96. The molecule has 0 aromatic heterocycles. The third-order valence-corrected chi connectivity index (χ3v) is 5.10. The molecule has 7 heteroatoms. The quantitative estimate of drug-likeness (QED) is 0.638. The lowest BCUT2D eigenvalue weighted by molar-refractivity contribution is -0.127. The van der Waals surface area contributed by atoms with Crippen molar-refractivity contribution in [2.45, 2.75) is 19.8 Å². The van der Waals surface area contributed by atoms with E-state index in [1.165, 1.54) is 12.1 Å². The number of likely N-dealkylation sites (tertiary alicyclic amines) is 1. The molecule has 2 aliphatic rings. The highest BCUT2D eigenvalue weighted by Gasteiger charge is 2.28. The average Bonchev–Trinajstić information content (AvgIpc) is 3.00. The molecule has 1 atom stereocenters. The lowest BCUT2D eigenvalue weighted by Gasteiger charge is -2.36. The van der Waals surface area contributed by atoms with Gasteiger partial charge in [0.15, 0.2) is 5.96 Å². The van der Waals surface area contributed by atoms with Gasteiger partial charge >= 0.3 is 0 Å². The summed E-state index contributed by atoms with van der Waals surface area (Å²) in [5.41, 5.74) is 7.20. The molecule has 2 N–H and O–H groups in total. The van der Waals surface area contributed by atoms with Crippen LogP contribution in [-0.2, 0) is 4.79 Å². The predicted molar refractivity (Wildman–Crippen MR) is 102 cm³/mol. The number of guanidine groups is 1. The molecule has 2 aliphatic heterocycles. The number of piperazine rings is 1. The Bertz CT molecular complexity index is 640. The molecule has 3 rings (SSSR count). The second-order valence-electron chi connectivity index (χ2n) is 7.06. The topological polar surface area (TPSA) is 65.2 Å². The molecule has 0 bridgehead atoms. The molecule has 6 nitrogen and oxygen atoms in total. The number of anilines is 1. The monoisotopic (exact) mass is 361 g/mol. The molecule has 0 aliphatic carbocycles. The highest BCUT2D eigenvalue weighted by molar-refractivity contribution is 5.80. The molecule has 1 aromatic carbocycles. The molecule has 1 amide bonds. The zero-order valence-corrected chi connectivity index (χ0v) is 15.4. The first-order chi connectivity index (χ1) is 12.6. The van der Waals surface area contributed by atoms with Crippen molar-refractivity contribution in [3.8, 4) is 0 Å². The van der Waals surface area contributed by atoms with E-state index in [1.54, 1.807) is 0 Å². The molecular formula is C19H28FN5O. The van der Waals surface area contributed by atoms with Crippen molar-refractivity contribution < 1.29 is 9.18 Å². The molecule has 0 saturated carbocycles. The third-order valence-electron chi connectivity index (χ3n) is 5.10. The number of benzene rings is 1. The van der Waals surface area contributed by atoms with E-state index in [0.717, 1.165) is 51.4 Å². The highest BCUT2D eigenvalue weighted by Crippen LogP contribution is 2.19. The first-order valence-corrected chi connectivity index (χ1v) is 9.40. The minimum atomic E-state index is -0.216. The fourth-order valence-corrected chi connectivity index (χ4v) is 3.63. The minimum absolute atomic E-state index is 0.216. The highest BCUT2D eigenvalue weighted by atomic mass is 19.1. The van der Waals surface area contributed by atoms with Crippen LogP contribution in [0.2, 0.25) is 0 Å². The Morgan fingerprint density at radius 2 is 1.92 bits per heavy atom. The molecular weight excluding hydrogens is 333 g/mol. The van der Waals surface area contributed by atoms with E-state index in [4.69, 9.17) is 5.73 Å². The summed E-state index contributed by atoms with van der Waals surface area (Å²) in [6, 6.07) is 6.59. The van der Waals surface area contributed by atoms with Crippen molar-refractivity contribution >= 4 is 17.6 Å². The van der Waals surface area contributed by atoms with Gasteiger partial charge in [-0.3, -0.25) is 9.79 Å². The van der Waals surface area contributed by atoms with Gasteiger partial charge in [-0.2, -0.15) is 0 Å². The number of carbonyl (C=O) groups is 1. The van der Waals surface area contributed by atoms with Gasteiger partial charge in [0.05, 0.1) is 0 Å². The number of halogens is 1. The van der Waals surface area contributed by atoms with Crippen molar-refractivity contribution in [3.05, 3.63) is 30.1 Å². The molecule has 26 heavy (non-hydrogen) atoms. The van der Waals surface area contributed by atoms with Crippen molar-refractivity contribution in [2.24, 2.45) is 16.6 Å². The summed E-state index contributed by atoms with van der Waals surface area (Å²) in [4.78, 5) is 22.7. The van der Waals surface area contributed by atoms with E-state index >= 15 is 0 Å². The van der Waals surface area contributed by atoms with E-state index in [-0.39, 0.29) is 17.6 Å². The number of nitrogens with two attached hydrogens (primary N) is 1. The molecule has 142 valence electrons. The Morgan fingerprint density at radius 1 is 1.23 bits per heavy atom. The van der Waals surface area contributed by atoms with Crippen molar-refractivity contribution in [1.82, 2.24) is 9.80 Å². The average molecular weight is 361 g/mol. The van der Waals surface area contributed by atoms with Gasteiger partial charge in [-0.1, -0.05) is 6.92 Å². The first-order valence-electron chi connectivity index (χ1n) is 9.40. The zero-order chi connectivity index (χ0) is 18.5. The lowest BCUT2D eigenvalue weighted by Crippen LogP contribution is -2.51. The fourth-order valence-electron chi connectivity index (χ4n) is 3.63. The van der Waals surface area contributed by atoms with Gasteiger partial charge in [0, 0.05) is 63.8 Å².